The van der Waals surface area contributed by atoms with Gasteiger partial charge in [-0.3, -0.25) is 9.59 Å². The van der Waals surface area contributed by atoms with E-state index in [0.29, 0.717) is 17.1 Å². The number of para-hydroxylation sites is 1. The zero-order valence-corrected chi connectivity index (χ0v) is 20.5. The van der Waals surface area contributed by atoms with E-state index in [1.165, 1.54) is 4.90 Å². The van der Waals surface area contributed by atoms with E-state index in [4.69, 9.17) is 14.2 Å². The third-order valence-corrected chi connectivity index (χ3v) is 5.14. The fraction of sp³-hybridized carbons (Fsp3) is 0.440. The first-order chi connectivity index (χ1) is 16.1. The van der Waals surface area contributed by atoms with Gasteiger partial charge in [0.15, 0.2) is 6.61 Å². The first-order valence-electron chi connectivity index (χ1n) is 11.2. The van der Waals surface area contributed by atoms with Crippen molar-refractivity contribution in [3.05, 3.63) is 52.9 Å². The van der Waals surface area contributed by atoms with Crippen LogP contribution in [0.1, 0.15) is 41.5 Å². The lowest BCUT2D eigenvalue weighted by Crippen LogP contribution is -2.42. The second kappa shape index (κ2) is 12.0. The number of amides is 1. The first-order valence-corrected chi connectivity index (χ1v) is 11.2. The maximum Gasteiger partial charge on any atom is 0.337 e. The Kier molecular flexibility index (Phi) is 9.41. The molecule has 0 saturated carbocycles. The van der Waals surface area contributed by atoms with E-state index in [0.717, 1.165) is 0 Å². The number of esters is 3. The van der Waals surface area contributed by atoms with E-state index >= 15 is 0 Å². The van der Waals surface area contributed by atoms with Gasteiger partial charge in [-0.25, -0.2) is 9.59 Å². The zero-order valence-electron chi connectivity index (χ0n) is 20.5. The third-order valence-electron chi connectivity index (χ3n) is 5.14. The van der Waals surface area contributed by atoms with Crippen molar-refractivity contribution in [2.45, 2.75) is 47.6 Å². The van der Waals surface area contributed by atoms with Crippen molar-refractivity contribution in [1.29, 1.82) is 0 Å². The van der Waals surface area contributed by atoms with Crippen LogP contribution in [0.3, 0.4) is 0 Å². The lowest BCUT2D eigenvalue weighted by atomic mass is 9.85. The van der Waals surface area contributed by atoms with Crippen molar-refractivity contribution in [1.82, 2.24) is 5.32 Å². The molecule has 0 saturated heterocycles. The summed E-state index contributed by atoms with van der Waals surface area (Å²) in [6.07, 6.45) is 0. The van der Waals surface area contributed by atoms with Crippen LogP contribution in [0.25, 0.3) is 0 Å². The molecule has 0 aliphatic carbocycles. The highest BCUT2D eigenvalue weighted by atomic mass is 16.5. The number of benzene rings is 1. The number of rotatable bonds is 9. The van der Waals surface area contributed by atoms with E-state index in [-0.39, 0.29) is 30.4 Å². The second-order valence-electron chi connectivity index (χ2n) is 7.88. The van der Waals surface area contributed by atoms with E-state index in [1.54, 1.807) is 52.0 Å². The van der Waals surface area contributed by atoms with Gasteiger partial charge in [-0.05, 0) is 53.7 Å². The maximum absolute atomic E-state index is 13.3. The van der Waals surface area contributed by atoms with E-state index in [2.05, 4.69) is 5.32 Å². The average molecular weight is 473 g/mol. The fourth-order valence-corrected chi connectivity index (χ4v) is 3.79. The van der Waals surface area contributed by atoms with E-state index in [1.807, 2.05) is 19.9 Å². The molecule has 2 rings (SSSR count). The molecule has 0 radical (unpaired) electrons. The number of hydrogen-bond acceptors (Lipinski definition) is 8. The van der Waals surface area contributed by atoms with E-state index in [9.17, 15) is 19.2 Å². The van der Waals surface area contributed by atoms with E-state index < -0.39 is 36.3 Å². The van der Waals surface area contributed by atoms with Crippen LogP contribution in [0.2, 0.25) is 0 Å². The molecular formula is C25H32N2O7. The molecule has 0 unspecified atom stereocenters. The number of nitrogens with one attached hydrogen (secondary N) is 1. The van der Waals surface area contributed by atoms with Gasteiger partial charge < -0.3 is 24.4 Å². The van der Waals surface area contributed by atoms with Crippen LogP contribution in [0.4, 0.5) is 5.69 Å². The minimum absolute atomic E-state index is 0.0586. The van der Waals surface area contributed by atoms with Gasteiger partial charge >= 0.3 is 17.9 Å². The lowest BCUT2D eigenvalue weighted by Gasteiger charge is -2.29. The lowest BCUT2D eigenvalue weighted by molar-refractivity contribution is -0.153. The summed E-state index contributed by atoms with van der Waals surface area (Å²) in [5.41, 5.74) is 1.25. The summed E-state index contributed by atoms with van der Waals surface area (Å²) < 4.78 is 15.6. The van der Waals surface area contributed by atoms with Crippen molar-refractivity contribution >= 4 is 29.5 Å². The Bertz CT molecular complexity index is 956. The van der Waals surface area contributed by atoms with Crippen LogP contribution in [0, 0.1) is 5.92 Å². The van der Waals surface area contributed by atoms with Gasteiger partial charge in [0.2, 0.25) is 0 Å². The minimum Gasteiger partial charge on any atom is -0.463 e. The van der Waals surface area contributed by atoms with Gasteiger partial charge in [0.1, 0.15) is 5.92 Å². The van der Waals surface area contributed by atoms with Gasteiger partial charge in [0.25, 0.3) is 5.91 Å². The largest absolute Gasteiger partial charge is 0.463 e. The van der Waals surface area contributed by atoms with Gasteiger partial charge in [-0.2, -0.15) is 0 Å². The quantitative estimate of drug-likeness (QED) is 0.431. The second-order valence-corrected chi connectivity index (χ2v) is 7.88. The van der Waals surface area contributed by atoms with Crippen molar-refractivity contribution < 1.29 is 33.4 Å². The molecule has 0 spiro atoms. The minimum atomic E-state index is -1.39. The number of dihydropyridines is 1. The molecule has 0 aromatic heterocycles. The number of anilines is 1. The monoisotopic (exact) mass is 472 g/mol. The number of carbonyl (C=O) groups is 4. The summed E-state index contributed by atoms with van der Waals surface area (Å²) in [5, 5.41) is 2.94. The van der Waals surface area contributed by atoms with Crippen LogP contribution < -0.4 is 10.2 Å². The van der Waals surface area contributed by atoms with Crippen molar-refractivity contribution in [3.8, 4) is 0 Å². The van der Waals surface area contributed by atoms with Crippen molar-refractivity contribution in [2.24, 2.45) is 5.92 Å². The molecule has 0 atom stereocenters. The molecule has 0 fully saturated rings. The average Bonchev–Trinajstić information content (AvgIpc) is 2.77. The molecule has 1 aliphatic rings. The summed E-state index contributed by atoms with van der Waals surface area (Å²) in [6, 6.07) is 8.81. The number of carbonyl (C=O) groups excluding carboxylic acids is 4. The summed E-state index contributed by atoms with van der Waals surface area (Å²) in [6.45, 7) is 9.73. The van der Waals surface area contributed by atoms with Crippen LogP contribution in [0.15, 0.2) is 52.9 Å². The van der Waals surface area contributed by atoms with Crippen LogP contribution in [-0.4, -0.2) is 49.7 Å². The van der Waals surface area contributed by atoms with Gasteiger partial charge in [0.05, 0.1) is 24.4 Å². The Balaban J connectivity index is 2.35. The Hall–Kier alpha value is -3.62. The number of nitrogens with zero attached hydrogens (tertiary/aromatic N) is 1. The van der Waals surface area contributed by atoms with Gasteiger partial charge in [-0.1, -0.05) is 18.2 Å². The molecular weight excluding hydrogens is 440 g/mol. The Morgan fingerprint density at radius 1 is 0.882 bits per heavy atom. The van der Waals surface area contributed by atoms with Crippen LogP contribution in [-0.2, 0) is 33.4 Å². The SMILES string of the molecule is CCOC(=O)C1=C(C)NC(C)=C(C(=O)OCC)C1C(=O)OCC(=O)N(c1ccccc1)C(C)C. The topological polar surface area (TPSA) is 111 Å². The first kappa shape index (κ1) is 26.6. The fourth-order valence-electron chi connectivity index (χ4n) is 3.79. The molecule has 1 heterocycles. The highest BCUT2D eigenvalue weighted by Crippen LogP contribution is 2.32. The third kappa shape index (κ3) is 6.03. The number of ether oxygens (including phenoxy) is 3. The standard InChI is InChI=1S/C25H32N2O7/c1-7-32-23(29)20-16(5)26-17(6)21(24(30)33-8-2)22(20)25(31)34-14-19(28)27(15(3)4)18-12-10-9-11-13-18/h9-13,15,22,26H,7-8,14H2,1-6H3. The van der Waals surface area contributed by atoms with Crippen LogP contribution in [0.5, 0.6) is 0 Å². The van der Waals surface area contributed by atoms with Gasteiger partial charge in [0, 0.05) is 23.1 Å². The summed E-state index contributed by atoms with van der Waals surface area (Å²) in [7, 11) is 0. The molecule has 1 aliphatic heterocycles. The Morgan fingerprint density at radius 3 is 1.82 bits per heavy atom. The molecule has 184 valence electrons. The molecule has 9 heteroatoms. The summed E-state index contributed by atoms with van der Waals surface area (Å²) in [5.74, 6) is -4.28. The van der Waals surface area contributed by atoms with Crippen molar-refractivity contribution in [3.63, 3.8) is 0 Å². The summed E-state index contributed by atoms with van der Waals surface area (Å²) in [4.78, 5) is 53.1. The predicted molar refractivity (Wildman–Crippen MR) is 125 cm³/mol. The molecule has 1 amide bonds. The molecule has 34 heavy (non-hydrogen) atoms. The molecule has 0 bridgehead atoms. The predicted octanol–water partition coefficient (Wildman–Crippen LogP) is 2.86. The summed E-state index contributed by atoms with van der Waals surface area (Å²) >= 11 is 0. The van der Waals surface area contributed by atoms with Gasteiger partial charge in [-0.15, -0.1) is 0 Å². The normalized spacial score (nSPS) is 14.0. The van der Waals surface area contributed by atoms with Crippen LogP contribution >= 0.6 is 0 Å². The maximum atomic E-state index is 13.3. The molecule has 9 nitrogen and oxygen atoms in total. The highest BCUT2D eigenvalue weighted by Gasteiger charge is 2.42. The smallest absolute Gasteiger partial charge is 0.337 e. The van der Waals surface area contributed by atoms with Crippen molar-refractivity contribution in [2.75, 3.05) is 24.7 Å². The number of hydrogen-bond donors (Lipinski definition) is 1. The molecule has 1 aromatic rings. The Labute approximate surface area is 199 Å². The molecule has 1 N–H and O–H groups in total. The highest BCUT2D eigenvalue weighted by molar-refractivity contribution is 6.06. The molecule has 1 aromatic carbocycles. The number of allylic oxidation sites excluding steroid dienone is 2. The zero-order chi connectivity index (χ0) is 25.4. The Morgan fingerprint density at radius 2 is 1.38 bits per heavy atom.